The molecule has 11 aromatic rings. The standard InChI is InChI=1S/C60H42N8/c1-9-41(10-2-37(1)45-25-29-61-33-45)57-49-17-19-51(65-49)58(42-11-3-38(4-12-42)46-26-30-62-34-46)53-21-23-55(67-53)60(44-15-7-40(8-16-44)48-28-32-64-36-48)56-24-22-54(68-56)59(52-20-18-50(57)66-52)43-13-5-39(6-14-43)47-27-31-63-35-47/h1-36,61-65,68H. The van der Waals surface area contributed by atoms with E-state index >= 15 is 0 Å². The number of nitrogens with one attached hydrogen (secondary N) is 6. The minimum Gasteiger partial charge on any atom is -0.367 e. The SMILES string of the molecule is C1=Cc2nc1c(-c1ccc(-c3cc[nH]c3)cc1)c1ccc([nH]1)c(-c1ccc(-c3cc[nH]c3)cc1)c1nc(c(-c3ccc(-c4cc[nH]c4)cc3)c3ccc([nH]3)c2-c2ccc(-c3cc[nH]c3)cc2)C=C1. The summed E-state index contributed by atoms with van der Waals surface area (Å²) in [5.41, 5.74) is 24.6. The zero-order valence-electron chi connectivity index (χ0n) is 36.7. The molecular weight excluding hydrogens is 833 g/mol. The van der Waals surface area contributed by atoms with E-state index < -0.39 is 0 Å². The lowest BCUT2D eigenvalue weighted by Crippen LogP contribution is -1.90. The van der Waals surface area contributed by atoms with Gasteiger partial charge in [0.2, 0.25) is 0 Å². The van der Waals surface area contributed by atoms with E-state index in [1.807, 2.05) is 49.6 Å². The topological polar surface area (TPSA) is 121 Å². The van der Waals surface area contributed by atoms with Crippen LogP contribution in [0.1, 0.15) is 22.8 Å². The van der Waals surface area contributed by atoms with Crippen molar-refractivity contribution in [2.75, 3.05) is 0 Å². The molecule has 322 valence electrons. The van der Waals surface area contributed by atoms with E-state index in [9.17, 15) is 0 Å². The number of rotatable bonds is 8. The summed E-state index contributed by atoms with van der Waals surface area (Å²) < 4.78 is 0. The van der Waals surface area contributed by atoms with E-state index in [1.165, 1.54) is 0 Å². The average molecular weight is 875 g/mol. The van der Waals surface area contributed by atoms with E-state index in [-0.39, 0.29) is 0 Å². The number of benzene rings is 4. The molecule has 4 aromatic carbocycles. The number of aromatic amines is 6. The Morgan fingerprint density at radius 3 is 0.647 bits per heavy atom. The van der Waals surface area contributed by atoms with Crippen LogP contribution in [0.15, 0.2) is 195 Å². The third kappa shape index (κ3) is 6.96. The third-order valence-corrected chi connectivity index (χ3v) is 13.2. The van der Waals surface area contributed by atoms with Crippen LogP contribution in [0, 0.1) is 0 Å². The molecule has 8 heteroatoms. The molecule has 2 aliphatic rings. The van der Waals surface area contributed by atoms with Crippen LogP contribution in [0.3, 0.4) is 0 Å². The van der Waals surface area contributed by atoms with Crippen molar-refractivity contribution in [1.82, 2.24) is 39.9 Å². The van der Waals surface area contributed by atoms with Crippen molar-refractivity contribution in [1.29, 1.82) is 0 Å². The zero-order chi connectivity index (χ0) is 45.0. The quantitative estimate of drug-likeness (QED) is 0.0911. The van der Waals surface area contributed by atoms with Gasteiger partial charge in [-0.2, -0.15) is 0 Å². The molecule has 0 saturated carbocycles. The van der Waals surface area contributed by atoms with E-state index in [0.717, 1.165) is 134 Å². The Kier molecular flexibility index (Phi) is 9.31. The van der Waals surface area contributed by atoms with Crippen LogP contribution in [0.2, 0.25) is 0 Å². The van der Waals surface area contributed by atoms with Crippen molar-refractivity contribution in [3.8, 4) is 89.0 Å². The lowest BCUT2D eigenvalue weighted by Gasteiger charge is -2.08. The first-order valence-electron chi connectivity index (χ1n) is 22.8. The van der Waals surface area contributed by atoms with Crippen LogP contribution in [0.4, 0.5) is 0 Å². The molecule has 0 unspecified atom stereocenters. The van der Waals surface area contributed by atoms with Gasteiger partial charge in [-0.05, 0) is 140 Å². The number of fused-ring (bicyclic) bond motifs is 8. The maximum absolute atomic E-state index is 5.55. The van der Waals surface area contributed by atoms with Crippen molar-refractivity contribution >= 4 is 46.4 Å². The van der Waals surface area contributed by atoms with Gasteiger partial charge in [-0.25, -0.2) is 9.97 Å². The van der Waals surface area contributed by atoms with E-state index in [2.05, 4.69) is 200 Å². The van der Waals surface area contributed by atoms with Crippen LogP contribution in [0.25, 0.3) is 135 Å². The van der Waals surface area contributed by atoms with E-state index in [0.29, 0.717) is 0 Å². The minimum absolute atomic E-state index is 0.865. The van der Waals surface area contributed by atoms with Gasteiger partial charge in [-0.3, -0.25) is 0 Å². The summed E-state index contributed by atoms with van der Waals surface area (Å²) in [5.74, 6) is 0. The van der Waals surface area contributed by atoms with Crippen LogP contribution >= 0.6 is 0 Å². The first kappa shape index (κ1) is 39.0. The van der Waals surface area contributed by atoms with Gasteiger partial charge in [0.15, 0.2) is 0 Å². The number of H-pyrrole nitrogens is 6. The van der Waals surface area contributed by atoms with Crippen LogP contribution in [-0.4, -0.2) is 39.9 Å². The molecule has 8 bridgehead atoms. The summed E-state index contributed by atoms with van der Waals surface area (Å²) in [6, 6.07) is 52.2. The van der Waals surface area contributed by atoms with Crippen LogP contribution in [0.5, 0.6) is 0 Å². The van der Waals surface area contributed by atoms with Gasteiger partial charge in [0, 0.05) is 93.9 Å². The summed E-state index contributed by atoms with van der Waals surface area (Å²) in [6.07, 6.45) is 24.5. The van der Waals surface area contributed by atoms with Gasteiger partial charge < -0.3 is 29.9 Å². The summed E-state index contributed by atoms with van der Waals surface area (Å²) in [7, 11) is 0. The number of hydrogen-bond donors (Lipinski definition) is 6. The third-order valence-electron chi connectivity index (χ3n) is 13.2. The summed E-state index contributed by atoms with van der Waals surface area (Å²) in [4.78, 5) is 31.7. The molecule has 6 N–H and O–H groups in total. The molecule has 0 atom stereocenters. The van der Waals surface area contributed by atoms with Gasteiger partial charge in [0.05, 0.1) is 22.8 Å². The van der Waals surface area contributed by atoms with Gasteiger partial charge in [0.1, 0.15) is 0 Å². The molecule has 2 aliphatic heterocycles. The highest BCUT2D eigenvalue weighted by atomic mass is 14.8. The predicted octanol–water partition coefficient (Wildman–Crippen LogP) is 15.3. The van der Waals surface area contributed by atoms with Crippen LogP contribution < -0.4 is 0 Å². The fraction of sp³-hybridized carbons (Fsp3) is 0. The molecule has 0 fully saturated rings. The highest BCUT2D eigenvalue weighted by Crippen LogP contribution is 2.40. The van der Waals surface area contributed by atoms with E-state index in [4.69, 9.17) is 9.97 Å². The number of hydrogen-bond acceptors (Lipinski definition) is 2. The van der Waals surface area contributed by atoms with Gasteiger partial charge in [0.25, 0.3) is 0 Å². The second kappa shape index (κ2) is 16.2. The van der Waals surface area contributed by atoms with Crippen molar-refractivity contribution in [2.24, 2.45) is 0 Å². The predicted molar refractivity (Wildman–Crippen MR) is 280 cm³/mol. The summed E-state index contributed by atoms with van der Waals surface area (Å²) >= 11 is 0. The van der Waals surface area contributed by atoms with Crippen molar-refractivity contribution < 1.29 is 0 Å². The average Bonchev–Trinajstić information content (AvgIpc) is 4.24. The smallest absolute Gasteiger partial charge is 0.0737 e. The molecule has 9 heterocycles. The molecule has 13 rings (SSSR count). The molecule has 0 aliphatic carbocycles. The fourth-order valence-electron chi connectivity index (χ4n) is 9.75. The van der Waals surface area contributed by atoms with Crippen molar-refractivity contribution in [3.63, 3.8) is 0 Å². The largest absolute Gasteiger partial charge is 0.367 e. The maximum Gasteiger partial charge on any atom is 0.0737 e. The lowest BCUT2D eigenvalue weighted by molar-refractivity contribution is 1.31. The molecular formula is C60H42N8. The first-order valence-corrected chi connectivity index (χ1v) is 22.8. The van der Waals surface area contributed by atoms with Gasteiger partial charge in [-0.15, -0.1) is 0 Å². The Bertz CT molecular complexity index is 3320. The normalized spacial score (nSPS) is 12.0. The Morgan fingerprint density at radius 1 is 0.221 bits per heavy atom. The van der Waals surface area contributed by atoms with Gasteiger partial charge in [-0.1, -0.05) is 97.1 Å². The monoisotopic (exact) mass is 874 g/mol. The second-order valence-corrected chi connectivity index (χ2v) is 17.2. The number of nitrogens with zero attached hydrogens (tertiary/aromatic N) is 2. The highest BCUT2D eigenvalue weighted by molar-refractivity contribution is 6.00. The molecule has 68 heavy (non-hydrogen) atoms. The minimum atomic E-state index is 0.865. The Balaban J connectivity index is 1.10. The van der Waals surface area contributed by atoms with Crippen LogP contribution in [-0.2, 0) is 0 Å². The first-order chi connectivity index (χ1) is 33.7. The Hall–Kier alpha value is -9.40. The summed E-state index contributed by atoms with van der Waals surface area (Å²) in [5, 5.41) is 0. The molecule has 0 amide bonds. The molecule has 0 saturated heterocycles. The maximum atomic E-state index is 5.55. The Morgan fingerprint density at radius 2 is 0.441 bits per heavy atom. The molecule has 7 aromatic heterocycles. The van der Waals surface area contributed by atoms with E-state index in [1.54, 1.807) is 0 Å². The fourth-order valence-corrected chi connectivity index (χ4v) is 9.75. The van der Waals surface area contributed by atoms with Gasteiger partial charge >= 0.3 is 0 Å². The lowest BCUT2D eigenvalue weighted by atomic mass is 10.00. The molecule has 0 radical (unpaired) electrons. The highest BCUT2D eigenvalue weighted by Gasteiger charge is 2.20. The zero-order valence-corrected chi connectivity index (χ0v) is 36.7. The molecule has 0 spiro atoms. The van der Waals surface area contributed by atoms with Crippen molar-refractivity contribution in [3.05, 3.63) is 218 Å². The second-order valence-electron chi connectivity index (χ2n) is 17.2. The molecule has 8 nitrogen and oxygen atoms in total. The Labute approximate surface area is 391 Å². The van der Waals surface area contributed by atoms with Crippen molar-refractivity contribution in [2.45, 2.75) is 0 Å². The number of aromatic nitrogens is 8. The summed E-state index contributed by atoms with van der Waals surface area (Å²) in [6.45, 7) is 0.